The number of nitrogen functional groups attached to an aromatic ring is 1. The standard InChI is InChI=1S/C10H11NO2S/c1-13-10(12)9-5-6-4-7(11)2-3-8(6)14-9/h2-4,9H,5,11H2,1H3. The van der Waals surface area contributed by atoms with Gasteiger partial charge in [0.1, 0.15) is 5.25 Å². The zero-order valence-corrected chi connectivity index (χ0v) is 8.64. The molecule has 0 fully saturated rings. The number of methoxy groups -OCH3 is 1. The van der Waals surface area contributed by atoms with Crippen molar-refractivity contribution >= 4 is 23.4 Å². The minimum Gasteiger partial charge on any atom is -0.468 e. The maximum Gasteiger partial charge on any atom is 0.319 e. The summed E-state index contributed by atoms with van der Waals surface area (Å²) in [6.45, 7) is 0. The number of hydrogen-bond acceptors (Lipinski definition) is 4. The molecule has 14 heavy (non-hydrogen) atoms. The highest BCUT2D eigenvalue weighted by Gasteiger charge is 2.28. The van der Waals surface area contributed by atoms with Gasteiger partial charge in [-0.05, 0) is 30.2 Å². The first-order valence-corrected chi connectivity index (χ1v) is 5.21. The van der Waals surface area contributed by atoms with Crippen molar-refractivity contribution in [3.05, 3.63) is 23.8 Å². The highest BCUT2D eigenvalue weighted by Crippen LogP contribution is 2.38. The van der Waals surface area contributed by atoms with E-state index in [1.807, 2.05) is 18.2 Å². The molecule has 2 rings (SSSR count). The van der Waals surface area contributed by atoms with Crippen LogP contribution in [0.1, 0.15) is 5.56 Å². The van der Waals surface area contributed by atoms with Crippen molar-refractivity contribution in [1.29, 1.82) is 0 Å². The Morgan fingerprint density at radius 2 is 2.43 bits per heavy atom. The first kappa shape index (κ1) is 9.40. The van der Waals surface area contributed by atoms with E-state index >= 15 is 0 Å². The van der Waals surface area contributed by atoms with Crippen LogP contribution in [-0.4, -0.2) is 18.3 Å². The van der Waals surface area contributed by atoms with Crippen molar-refractivity contribution in [1.82, 2.24) is 0 Å². The van der Waals surface area contributed by atoms with Crippen LogP contribution >= 0.6 is 11.8 Å². The van der Waals surface area contributed by atoms with Gasteiger partial charge in [0.05, 0.1) is 7.11 Å². The third-order valence-electron chi connectivity index (χ3n) is 2.22. The van der Waals surface area contributed by atoms with Crippen molar-refractivity contribution in [2.75, 3.05) is 12.8 Å². The summed E-state index contributed by atoms with van der Waals surface area (Å²) in [5.41, 5.74) is 7.55. The normalized spacial score (nSPS) is 19.1. The summed E-state index contributed by atoms with van der Waals surface area (Å²) in [4.78, 5) is 12.4. The zero-order chi connectivity index (χ0) is 10.1. The molecule has 0 aromatic heterocycles. The average molecular weight is 209 g/mol. The summed E-state index contributed by atoms with van der Waals surface area (Å²) in [6, 6.07) is 5.73. The maximum atomic E-state index is 11.3. The van der Waals surface area contributed by atoms with Crippen molar-refractivity contribution < 1.29 is 9.53 Å². The van der Waals surface area contributed by atoms with E-state index < -0.39 is 0 Å². The molecule has 1 aromatic rings. The molecule has 1 aromatic carbocycles. The Hall–Kier alpha value is -1.16. The van der Waals surface area contributed by atoms with Crippen molar-refractivity contribution in [3.63, 3.8) is 0 Å². The van der Waals surface area contributed by atoms with Gasteiger partial charge in [0.2, 0.25) is 0 Å². The Kier molecular flexibility index (Phi) is 2.37. The van der Waals surface area contributed by atoms with Crippen molar-refractivity contribution in [2.45, 2.75) is 16.6 Å². The van der Waals surface area contributed by atoms with Crippen LogP contribution in [0.2, 0.25) is 0 Å². The fourth-order valence-corrected chi connectivity index (χ4v) is 2.73. The van der Waals surface area contributed by atoms with E-state index in [0.717, 1.165) is 22.6 Å². The summed E-state index contributed by atoms with van der Waals surface area (Å²) in [7, 11) is 1.42. The largest absolute Gasteiger partial charge is 0.468 e. The van der Waals surface area contributed by atoms with E-state index in [2.05, 4.69) is 0 Å². The van der Waals surface area contributed by atoms with Crippen LogP contribution in [0.15, 0.2) is 23.1 Å². The van der Waals surface area contributed by atoms with Crippen LogP contribution < -0.4 is 5.73 Å². The number of carbonyl (C=O) groups excluding carboxylic acids is 1. The van der Waals surface area contributed by atoms with Gasteiger partial charge in [-0.1, -0.05) is 0 Å². The molecule has 0 amide bonds. The number of hydrogen-bond donors (Lipinski definition) is 1. The predicted octanol–water partition coefficient (Wildman–Crippen LogP) is 1.46. The third kappa shape index (κ3) is 1.57. The molecule has 3 nitrogen and oxygen atoms in total. The molecule has 1 aliphatic heterocycles. The monoisotopic (exact) mass is 209 g/mol. The minimum absolute atomic E-state index is 0.100. The van der Waals surface area contributed by atoms with E-state index in [0.29, 0.717) is 0 Å². The number of thioether (sulfide) groups is 1. The lowest BCUT2D eigenvalue weighted by Gasteiger charge is -2.03. The van der Waals surface area contributed by atoms with E-state index in [1.54, 1.807) is 11.8 Å². The van der Waals surface area contributed by atoms with Crippen molar-refractivity contribution in [3.8, 4) is 0 Å². The predicted molar refractivity (Wildman–Crippen MR) is 56.2 cm³/mol. The first-order valence-electron chi connectivity index (χ1n) is 4.33. The second kappa shape index (κ2) is 3.53. The van der Waals surface area contributed by atoms with Crippen LogP contribution in [0, 0.1) is 0 Å². The van der Waals surface area contributed by atoms with Crippen LogP contribution in [0.3, 0.4) is 0 Å². The number of esters is 1. The molecule has 1 heterocycles. The number of rotatable bonds is 1. The Labute approximate surface area is 86.6 Å². The maximum absolute atomic E-state index is 11.3. The molecule has 0 radical (unpaired) electrons. The molecular weight excluding hydrogens is 198 g/mol. The van der Waals surface area contributed by atoms with Gasteiger partial charge >= 0.3 is 5.97 Å². The molecular formula is C10H11NO2S. The minimum atomic E-state index is -0.162. The summed E-state index contributed by atoms with van der Waals surface area (Å²) >= 11 is 1.55. The molecule has 1 unspecified atom stereocenters. The quantitative estimate of drug-likeness (QED) is 0.562. The van der Waals surface area contributed by atoms with Gasteiger partial charge in [-0.3, -0.25) is 4.79 Å². The topological polar surface area (TPSA) is 52.3 Å². The Bertz CT molecular complexity index is 378. The van der Waals surface area contributed by atoms with Crippen LogP contribution in [0.25, 0.3) is 0 Å². The summed E-state index contributed by atoms with van der Waals surface area (Å²) in [5.74, 6) is -0.162. The Morgan fingerprint density at radius 1 is 1.64 bits per heavy atom. The van der Waals surface area contributed by atoms with Crippen LogP contribution in [0.5, 0.6) is 0 Å². The van der Waals surface area contributed by atoms with E-state index in [1.165, 1.54) is 7.11 Å². The lowest BCUT2D eigenvalue weighted by molar-refractivity contribution is -0.139. The molecule has 2 N–H and O–H groups in total. The molecule has 4 heteroatoms. The summed E-state index contributed by atoms with van der Waals surface area (Å²) < 4.78 is 4.70. The highest BCUT2D eigenvalue weighted by molar-refractivity contribution is 8.01. The van der Waals surface area contributed by atoms with Gasteiger partial charge < -0.3 is 10.5 Å². The SMILES string of the molecule is COC(=O)C1Cc2cc(N)ccc2S1. The van der Waals surface area contributed by atoms with Gasteiger partial charge in [0.15, 0.2) is 0 Å². The van der Waals surface area contributed by atoms with Gasteiger partial charge in [0, 0.05) is 10.6 Å². The number of ether oxygens (including phenoxy) is 1. The van der Waals surface area contributed by atoms with Gasteiger partial charge in [-0.25, -0.2) is 0 Å². The highest BCUT2D eigenvalue weighted by atomic mass is 32.2. The van der Waals surface area contributed by atoms with Crippen molar-refractivity contribution in [2.24, 2.45) is 0 Å². The van der Waals surface area contributed by atoms with E-state index in [9.17, 15) is 4.79 Å². The molecule has 74 valence electrons. The third-order valence-corrected chi connectivity index (χ3v) is 3.52. The summed E-state index contributed by atoms with van der Waals surface area (Å²) in [5, 5.41) is -0.100. The molecule has 0 saturated heterocycles. The number of nitrogens with two attached hydrogens (primary N) is 1. The van der Waals surface area contributed by atoms with Gasteiger partial charge in [-0.15, -0.1) is 11.8 Å². The lowest BCUT2D eigenvalue weighted by Crippen LogP contribution is -2.17. The smallest absolute Gasteiger partial charge is 0.319 e. The first-order chi connectivity index (χ1) is 6.70. The van der Waals surface area contributed by atoms with Crippen LogP contribution in [-0.2, 0) is 16.0 Å². The average Bonchev–Trinajstić information content (AvgIpc) is 2.59. The Balaban J connectivity index is 2.22. The number of benzene rings is 1. The zero-order valence-electron chi connectivity index (χ0n) is 7.82. The summed E-state index contributed by atoms with van der Waals surface area (Å²) in [6.07, 6.45) is 0.720. The molecule has 0 saturated carbocycles. The molecule has 0 spiro atoms. The molecule has 1 atom stereocenters. The fraction of sp³-hybridized carbons (Fsp3) is 0.300. The van der Waals surface area contributed by atoms with E-state index in [-0.39, 0.29) is 11.2 Å². The molecule has 0 aliphatic carbocycles. The van der Waals surface area contributed by atoms with Gasteiger partial charge in [-0.2, -0.15) is 0 Å². The van der Waals surface area contributed by atoms with E-state index in [4.69, 9.17) is 10.5 Å². The fourth-order valence-electron chi connectivity index (χ4n) is 1.53. The number of fused-ring (bicyclic) bond motifs is 1. The number of carbonyl (C=O) groups is 1. The van der Waals surface area contributed by atoms with Crippen LogP contribution in [0.4, 0.5) is 5.69 Å². The second-order valence-electron chi connectivity index (χ2n) is 3.20. The Morgan fingerprint density at radius 3 is 3.14 bits per heavy atom. The molecule has 1 aliphatic rings. The molecule has 0 bridgehead atoms. The number of anilines is 1. The lowest BCUT2D eigenvalue weighted by atomic mass is 10.1. The second-order valence-corrected chi connectivity index (χ2v) is 4.45. The van der Waals surface area contributed by atoms with Gasteiger partial charge in [0.25, 0.3) is 0 Å².